The molecule has 0 bridgehead atoms. The summed E-state index contributed by atoms with van der Waals surface area (Å²) >= 11 is 1.01. The SMILES string of the molecule is [2H]C([2H])([2H])ON=C(C(=O)O)c1csc(N)n1. The molecule has 0 aliphatic carbocycles. The van der Waals surface area contributed by atoms with E-state index < -0.39 is 18.7 Å². The molecule has 70 valence electrons. The van der Waals surface area contributed by atoms with Crippen LogP contribution in [0.25, 0.3) is 0 Å². The van der Waals surface area contributed by atoms with Crippen molar-refractivity contribution < 1.29 is 18.9 Å². The largest absolute Gasteiger partial charge is 0.476 e. The van der Waals surface area contributed by atoms with E-state index in [1.807, 2.05) is 0 Å². The second-order valence-electron chi connectivity index (χ2n) is 1.91. The molecule has 0 saturated carbocycles. The zero-order valence-electron chi connectivity index (χ0n) is 9.22. The highest BCUT2D eigenvalue weighted by atomic mass is 32.1. The number of nitrogens with zero attached hydrogens (tertiary/aromatic N) is 2. The fourth-order valence-corrected chi connectivity index (χ4v) is 1.19. The smallest absolute Gasteiger partial charge is 0.360 e. The summed E-state index contributed by atoms with van der Waals surface area (Å²) in [6, 6.07) is 0. The molecule has 0 spiro atoms. The summed E-state index contributed by atoms with van der Waals surface area (Å²) in [7, 11) is -2.80. The lowest BCUT2D eigenvalue weighted by Crippen LogP contribution is -2.15. The predicted octanol–water partition coefficient (Wildman–Crippen LogP) is 0.160. The molecular formula is C6H7N3O3S. The summed E-state index contributed by atoms with van der Waals surface area (Å²) in [5, 5.41) is 13.3. The van der Waals surface area contributed by atoms with Crippen LogP contribution in [-0.4, -0.2) is 28.8 Å². The Morgan fingerprint density at radius 1 is 2.00 bits per heavy atom. The summed E-state index contributed by atoms with van der Waals surface area (Å²) in [6.07, 6.45) is 0. The Bertz CT molecular complexity index is 428. The third-order valence-electron chi connectivity index (χ3n) is 1.10. The fourth-order valence-electron chi connectivity index (χ4n) is 0.637. The molecule has 1 aromatic rings. The molecule has 0 aromatic carbocycles. The Morgan fingerprint density at radius 3 is 3.23 bits per heavy atom. The van der Waals surface area contributed by atoms with Crippen molar-refractivity contribution in [3.05, 3.63) is 11.1 Å². The minimum atomic E-state index is -2.80. The van der Waals surface area contributed by atoms with E-state index in [0.717, 1.165) is 11.3 Å². The predicted molar refractivity (Wildman–Crippen MR) is 47.7 cm³/mol. The lowest BCUT2D eigenvalue weighted by atomic mass is 10.3. The van der Waals surface area contributed by atoms with Crippen LogP contribution in [0.1, 0.15) is 9.81 Å². The van der Waals surface area contributed by atoms with Crippen LogP contribution in [0, 0.1) is 0 Å². The molecule has 1 rings (SSSR count). The van der Waals surface area contributed by atoms with Gasteiger partial charge >= 0.3 is 5.97 Å². The number of aromatic nitrogens is 1. The average molecular weight is 204 g/mol. The van der Waals surface area contributed by atoms with Gasteiger partial charge in [0.15, 0.2) is 5.13 Å². The van der Waals surface area contributed by atoms with Crippen LogP contribution >= 0.6 is 11.3 Å². The minimum Gasteiger partial charge on any atom is -0.476 e. The number of nitrogen functional groups attached to an aromatic ring is 1. The summed E-state index contributed by atoms with van der Waals surface area (Å²) in [4.78, 5) is 18.5. The molecular weight excluding hydrogens is 194 g/mol. The molecule has 0 unspecified atom stereocenters. The monoisotopic (exact) mass is 204 g/mol. The van der Waals surface area contributed by atoms with Gasteiger partial charge in [0.05, 0.1) is 4.11 Å². The third kappa shape index (κ3) is 2.15. The molecule has 1 aromatic heterocycles. The first-order valence-electron chi connectivity index (χ1n) is 4.50. The Morgan fingerprint density at radius 2 is 2.77 bits per heavy atom. The van der Waals surface area contributed by atoms with Crippen LogP contribution in [0.15, 0.2) is 10.5 Å². The number of thiazole rings is 1. The van der Waals surface area contributed by atoms with Gasteiger partial charge in [0.2, 0.25) is 5.71 Å². The van der Waals surface area contributed by atoms with Gasteiger partial charge in [0.25, 0.3) is 0 Å². The highest BCUT2D eigenvalue weighted by molar-refractivity contribution is 7.13. The maximum Gasteiger partial charge on any atom is 0.360 e. The van der Waals surface area contributed by atoms with E-state index in [2.05, 4.69) is 15.0 Å². The highest BCUT2D eigenvalue weighted by Gasteiger charge is 2.16. The van der Waals surface area contributed by atoms with Gasteiger partial charge in [0, 0.05) is 5.38 Å². The number of carboxylic acid groups (broad SMARTS) is 1. The number of hydrogen-bond donors (Lipinski definition) is 2. The van der Waals surface area contributed by atoms with Crippen LogP contribution < -0.4 is 5.73 Å². The molecule has 1 heterocycles. The Hall–Kier alpha value is -1.63. The highest BCUT2D eigenvalue weighted by Crippen LogP contribution is 2.12. The molecule has 0 amide bonds. The number of anilines is 1. The van der Waals surface area contributed by atoms with Crippen LogP contribution in [0.3, 0.4) is 0 Å². The molecule has 0 atom stereocenters. The lowest BCUT2D eigenvalue weighted by molar-refractivity contribution is -0.129. The van der Waals surface area contributed by atoms with E-state index in [9.17, 15) is 4.79 Å². The Labute approximate surface area is 81.9 Å². The standard InChI is InChI=1S/C6H7N3O3S/c1-12-9-4(5(10)11)3-2-13-6(7)8-3/h2H,1H3,(H2,7,8)(H,10,11)/i1D3. The van der Waals surface area contributed by atoms with E-state index in [4.69, 9.17) is 15.0 Å². The second-order valence-corrected chi connectivity index (χ2v) is 2.80. The first-order valence-corrected chi connectivity index (χ1v) is 3.88. The van der Waals surface area contributed by atoms with Gasteiger partial charge in [-0.2, -0.15) is 0 Å². The summed E-state index contributed by atoms with van der Waals surface area (Å²) in [6.45, 7) is 0. The minimum absolute atomic E-state index is 0.0424. The van der Waals surface area contributed by atoms with Crippen molar-refractivity contribution in [2.75, 3.05) is 12.8 Å². The zero-order chi connectivity index (χ0) is 12.3. The number of hydrogen-bond acceptors (Lipinski definition) is 6. The third-order valence-corrected chi connectivity index (χ3v) is 1.78. The normalized spacial score (nSPS) is 15.7. The van der Waals surface area contributed by atoms with Crippen LogP contribution in [-0.2, 0) is 9.63 Å². The second kappa shape index (κ2) is 3.85. The molecule has 0 saturated heterocycles. The molecule has 3 N–H and O–H groups in total. The van der Waals surface area contributed by atoms with E-state index >= 15 is 0 Å². The van der Waals surface area contributed by atoms with Crippen molar-refractivity contribution in [3.63, 3.8) is 0 Å². The number of oxime groups is 1. The molecule has 0 fully saturated rings. The van der Waals surface area contributed by atoms with Crippen molar-refractivity contribution in [1.29, 1.82) is 0 Å². The number of nitrogens with two attached hydrogens (primary N) is 1. The Kier molecular flexibility index (Phi) is 1.76. The molecule has 0 aliphatic heterocycles. The van der Waals surface area contributed by atoms with Crippen molar-refractivity contribution in [2.45, 2.75) is 0 Å². The van der Waals surface area contributed by atoms with Crippen molar-refractivity contribution >= 4 is 28.1 Å². The summed E-state index contributed by atoms with van der Waals surface area (Å²) < 4.78 is 20.1. The number of carbonyl (C=O) groups is 1. The quantitative estimate of drug-likeness (QED) is 0.540. The number of carboxylic acids is 1. The maximum atomic E-state index is 10.8. The molecule has 7 heteroatoms. The molecule has 6 nitrogen and oxygen atoms in total. The van der Waals surface area contributed by atoms with Crippen molar-refractivity contribution in [3.8, 4) is 0 Å². The van der Waals surface area contributed by atoms with Gasteiger partial charge in [-0.3, -0.25) is 0 Å². The first-order chi connectivity index (χ1) is 7.29. The first kappa shape index (κ1) is 5.92. The van der Waals surface area contributed by atoms with Crippen LogP contribution in [0.2, 0.25) is 0 Å². The summed E-state index contributed by atoms with van der Waals surface area (Å²) in [5.41, 5.74) is 4.66. The van der Waals surface area contributed by atoms with Crippen LogP contribution in [0.4, 0.5) is 5.13 Å². The van der Waals surface area contributed by atoms with Gasteiger partial charge in [0.1, 0.15) is 12.7 Å². The van der Waals surface area contributed by atoms with E-state index in [1.54, 1.807) is 0 Å². The fraction of sp³-hybridized carbons (Fsp3) is 0.167. The topological polar surface area (TPSA) is 97.8 Å². The van der Waals surface area contributed by atoms with Gasteiger partial charge in [-0.25, -0.2) is 9.78 Å². The molecule has 0 radical (unpaired) electrons. The van der Waals surface area contributed by atoms with Gasteiger partial charge in [-0.1, -0.05) is 5.16 Å². The maximum absolute atomic E-state index is 10.8. The van der Waals surface area contributed by atoms with Crippen molar-refractivity contribution in [1.82, 2.24) is 4.98 Å². The van der Waals surface area contributed by atoms with Crippen molar-refractivity contribution in [2.24, 2.45) is 5.16 Å². The number of aliphatic carboxylic acids is 1. The summed E-state index contributed by atoms with van der Waals surface area (Å²) in [5.74, 6) is -1.45. The van der Waals surface area contributed by atoms with Gasteiger partial charge in [-0.05, 0) is 0 Å². The number of rotatable bonds is 3. The van der Waals surface area contributed by atoms with Gasteiger partial charge < -0.3 is 15.7 Å². The van der Waals surface area contributed by atoms with E-state index in [0.29, 0.717) is 0 Å². The molecule has 13 heavy (non-hydrogen) atoms. The Balaban J connectivity index is 2.96. The average Bonchev–Trinajstić information content (AvgIpc) is 2.49. The van der Waals surface area contributed by atoms with Gasteiger partial charge in [-0.15, -0.1) is 11.3 Å². The zero-order valence-corrected chi connectivity index (χ0v) is 7.04. The van der Waals surface area contributed by atoms with Crippen LogP contribution in [0.5, 0.6) is 0 Å². The lowest BCUT2D eigenvalue weighted by Gasteiger charge is -1.94. The van der Waals surface area contributed by atoms with E-state index in [1.165, 1.54) is 5.38 Å². The molecule has 0 aliphatic rings. The van der Waals surface area contributed by atoms with E-state index in [-0.39, 0.29) is 10.8 Å².